The highest BCUT2D eigenvalue weighted by molar-refractivity contribution is 9.10. The molecule has 0 aliphatic heterocycles. The Bertz CT molecular complexity index is 551. The van der Waals surface area contributed by atoms with E-state index in [9.17, 15) is 8.78 Å². The fourth-order valence-electron chi connectivity index (χ4n) is 1.53. The summed E-state index contributed by atoms with van der Waals surface area (Å²) in [6.45, 7) is 1.60. The first kappa shape index (κ1) is 12.8. The fraction of sp³-hybridized carbons (Fsp3) is 0.167. The van der Waals surface area contributed by atoms with Crippen LogP contribution in [0.25, 0.3) is 0 Å². The normalized spacial score (nSPS) is 12.8. The summed E-state index contributed by atoms with van der Waals surface area (Å²) in [7, 11) is 0. The maximum absolute atomic E-state index is 13.7. The minimum Gasteiger partial charge on any atom is -0.457 e. The van der Waals surface area contributed by atoms with Gasteiger partial charge in [-0.2, -0.15) is 0 Å². The Hall–Kier alpha value is -0.680. The van der Waals surface area contributed by atoms with E-state index < -0.39 is 11.6 Å². The number of rotatable bonds is 2. The third kappa shape index (κ3) is 2.45. The largest absolute Gasteiger partial charge is 0.457 e. The van der Waals surface area contributed by atoms with E-state index >= 15 is 0 Å². The number of furan rings is 1. The molecule has 1 aromatic heterocycles. The van der Waals surface area contributed by atoms with Crippen molar-refractivity contribution < 1.29 is 13.2 Å². The van der Waals surface area contributed by atoms with Gasteiger partial charge in [-0.25, -0.2) is 8.78 Å². The van der Waals surface area contributed by atoms with Gasteiger partial charge in [0.1, 0.15) is 11.6 Å². The van der Waals surface area contributed by atoms with Crippen LogP contribution in [0.1, 0.15) is 21.5 Å². The highest BCUT2D eigenvalue weighted by Crippen LogP contribution is 2.37. The molecule has 2 aromatic rings. The van der Waals surface area contributed by atoms with Gasteiger partial charge in [0.25, 0.3) is 0 Å². The summed E-state index contributed by atoms with van der Waals surface area (Å²) < 4.78 is 32.5. The van der Waals surface area contributed by atoms with E-state index in [0.29, 0.717) is 15.8 Å². The average molecular weight is 366 g/mol. The smallest absolute Gasteiger partial charge is 0.173 e. The summed E-state index contributed by atoms with van der Waals surface area (Å²) in [5.41, 5.74) is 1.55. The first-order valence-corrected chi connectivity index (χ1v) is 6.54. The Morgan fingerprint density at radius 2 is 1.88 bits per heavy atom. The molecule has 0 saturated heterocycles. The molecule has 1 nitrogen and oxygen atoms in total. The van der Waals surface area contributed by atoms with Gasteiger partial charge in [0.2, 0.25) is 0 Å². The standard InChI is InChI=1S/C12H8Br2F2O/c1-6-4-8(10(16)5-9(6)15)11(13)7-2-3-17-12(7)14/h2-5,11H,1H3. The van der Waals surface area contributed by atoms with E-state index in [2.05, 4.69) is 31.9 Å². The van der Waals surface area contributed by atoms with Gasteiger partial charge >= 0.3 is 0 Å². The van der Waals surface area contributed by atoms with Crippen LogP contribution >= 0.6 is 31.9 Å². The molecule has 1 unspecified atom stereocenters. The Balaban J connectivity index is 2.48. The number of hydrogen-bond donors (Lipinski definition) is 0. The molecule has 1 atom stereocenters. The van der Waals surface area contributed by atoms with Crippen molar-refractivity contribution in [3.05, 3.63) is 57.5 Å². The molecule has 1 heterocycles. The fourth-order valence-corrected chi connectivity index (χ4v) is 3.01. The highest BCUT2D eigenvalue weighted by Gasteiger charge is 2.20. The Kier molecular flexibility index (Phi) is 3.68. The van der Waals surface area contributed by atoms with Crippen molar-refractivity contribution in [2.45, 2.75) is 11.8 Å². The third-order valence-electron chi connectivity index (χ3n) is 2.47. The van der Waals surface area contributed by atoms with Gasteiger partial charge in [-0.1, -0.05) is 15.9 Å². The van der Waals surface area contributed by atoms with Crippen LogP contribution in [0.15, 0.2) is 33.5 Å². The van der Waals surface area contributed by atoms with Gasteiger partial charge in [-0.3, -0.25) is 0 Å². The van der Waals surface area contributed by atoms with Crippen molar-refractivity contribution in [3.63, 3.8) is 0 Å². The minimum absolute atomic E-state index is 0.380. The molecule has 5 heteroatoms. The highest BCUT2D eigenvalue weighted by atomic mass is 79.9. The number of alkyl halides is 1. The Labute approximate surface area is 114 Å². The minimum atomic E-state index is -0.580. The molecule has 0 spiro atoms. The summed E-state index contributed by atoms with van der Waals surface area (Å²) in [5, 5.41) is 0. The molecule has 0 aliphatic carbocycles. The predicted molar refractivity (Wildman–Crippen MR) is 68.3 cm³/mol. The molecular formula is C12H8Br2F2O. The average Bonchev–Trinajstić information content (AvgIpc) is 2.69. The van der Waals surface area contributed by atoms with Crippen LogP contribution in [0.3, 0.4) is 0 Å². The van der Waals surface area contributed by atoms with Gasteiger partial charge in [-0.15, -0.1) is 0 Å². The van der Waals surface area contributed by atoms with E-state index in [4.69, 9.17) is 4.42 Å². The Morgan fingerprint density at radius 3 is 2.47 bits per heavy atom. The van der Waals surface area contributed by atoms with Gasteiger partial charge in [0.05, 0.1) is 11.1 Å². The summed E-state index contributed by atoms with van der Waals surface area (Å²) in [4.78, 5) is -0.380. The molecule has 17 heavy (non-hydrogen) atoms. The first-order valence-electron chi connectivity index (χ1n) is 4.83. The first-order chi connectivity index (χ1) is 8.00. The Morgan fingerprint density at radius 1 is 1.18 bits per heavy atom. The van der Waals surface area contributed by atoms with Crippen LogP contribution in [0.5, 0.6) is 0 Å². The van der Waals surface area contributed by atoms with Gasteiger partial charge < -0.3 is 4.42 Å². The van der Waals surface area contributed by atoms with Crippen molar-refractivity contribution in [2.24, 2.45) is 0 Å². The summed E-state index contributed by atoms with van der Waals surface area (Å²) in [6, 6.07) is 4.11. The molecular weight excluding hydrogens is 358 g/mol. The van der Waals surface area contributed by atoms with Crippen LogP contribution in [-0.4, -0.2) is 0 Å². The van der Waals surface area contributed by atoms with Crippen LogP contribution < -0.4 is 0 Å². The van der Waals surface area contributed by atoms with Crippen molar-refractivity contribution >= 4 is 31.9 Å². The second-order valence-electron chi connectivity index (χ2n) is 3.64. The van der Waals surface area contributed by atoms with Crippen molar-refractivity contribution in [1.29, 1.82) is 0 Å². The van der Waals surface area contributed by atoms with Gasteiger partial charge in [0.15, 0.2) is 4.67 Å². The van der Waals surface area contributed by atoms with E-state index in [0.717, 1.165) is 11.6 Å². The molecule has 0 amide bonds. The zero-order valence-corrected chi connectivity index (χ0v) is 12.0. The van der Waals surface area contributed by atoms with Crippen molar-refractivity contribution in [1.82, 2.24) is 0 Å². The van der Waals surface area contributed by atoms with Crippen LogP contribution in [-0.2, 0) is 0 Å². The van der Waals surface area contributed by atoms with Crippen LogP contribution in [0, 0.1) is 18.6 Å². The quantitative estimate of drug-likeness (QED) is 0.674. The second-order valence-corrected chi connectivity index (χ2v) is 5.27. The number of hydrogen-bond acceptors (Lipinski definition) is 1. The summed E-state index contributed by atoms with van der Waals surface area (Å²) in [6.07, 6.45) is 1.50. The number of aryl methyl sites for hydroxylation is 1. The molecule has 0 bridgehead atoms. The zero-order chi connectivity index (χ0) is 12.6. The lowest BCUT2D eigenvalue weighted by atomic mass is 10.0. The van der Waals surface area contributed by atoms with E-state index in [-0.39, 0.29) is 4.83 Å². The molecule has 0 radical (unpaired) electrons. The number of benzene rings is 1. The monoisotopic (exact) mass is 364 g/mol. The topological polar surface area (TPSA) is 13.1 Å². The van der Waals surface area contributed by atoms with Gasteiger partial charge in [-0.05, 0) is 40.5 Å². The van der Waals surface area contributed by atoms with E-state index in [1.54, 1.807) is 13.0 Å². The molecule has 0 saturated carbocycles. The maximum atomic E-state index is 13.7. The van der Waals surface area contributed by atoms with E-state index in [1.807, 2.05) is 0 Å². The number of halogens is 4. The third-order valence-corrected chi connectivity index (χ3v) is 4.10. The lowest BCUT2D eigenvalue weighted by Crippen LogP contribution is -1.99. The van der Waals surface area contributed by atoms with Gasteiger partial charge in [0, 0.05) is 17.2 Å². The summed E-state index contributed by atoms with van der Waals surface area (Å²) >= 11 is 6.61. The molecule has 2 rings (SSSR count). The predicted octanol–water partition coefficient (Wildman–Crippen LogP) is 5.11. The second kappa shape index (κ2) is 4.90. The zero-order valence-electron chi connectivity index (χ0n) is 8.81. The molecule has 0 aliphatic rings. The maximum Gasteiger partial charge on any atom is 0.173 e. The molecule has 0 fully saturated rings. The lowest BCUT2D eigenvalue weighted by molar-refractivity contribution is 0.536. The van der Waals surface area contributed by atoms with Crippen molar-refractivity contribution in [3.8, 4) is 0 Å². The van der Waals surface area contributed by atoms with E-state index in [1.165, 1.54) is 12.3 Å². The van der Waals surface area contributed by atoms with Crippen LogP contribution in [0.2, 0.25) is 0 Å². The van der Waals surface area contributed by atoms with Crippen molar-refractivity contribution in [2.75, 3.05) is 0 Å². The molecule has 1 aromatic carbocycles. The SMILES string of the molecule is Cc1cc(C(Br)c2ccoc2Br)c(F)cc1F. The molecule has 0 N–H and O–H groups in total. The summed E-state index contributed by atoms with van der Waals surface area (Å²) in [5.74, 6) is -1.12. The molecule has 90 valence electrons. The lowest BCUT2D eigenvalue weighted by Gasteiger charge is -2.11. The van der Waals surface area contributed by atoms with Crippen LogP contribution in [0.4, 0.5) is 8.78 Å².